The van der Waals surface area contributed by atoms with Crippen LogP contribution in [-0.4, -0.2) is 4.98 Å². The van der Waals surface area contributed by atoms with Gasteiger partial charge in [-0.25, -0.2) is 0 Å². The lowest BCUT2D eigenvalue weighted by Gasteiger charge is -1.88. The molecule has 0 N–H and O–H groups in total. The number of hydrogen-bond acceptors (Lipinski definition) is 2. The first-order chi connectivity index (χ1) is 8.39. The van der Waals surface area contributed by atoms with Crippen molar-refractivity contribution in [1.82, 2.24) is 4.98 Å². The van der Waals surface area contributed by atoms with E-state index in [2.05, 4.69) is 4.98 Å². The smallest absolute Gasteiger partial charge is 0.180 e. The van der Waals surface area contributed by atoms with Crippen LogP contribution in [0.3, 0.4) is 0 Å². The van der Waals surface area contributed by atoms with E-state index in [9.17, 15) is 5.21 Å². The summed E-state index contributed by atoms with van der Waals surface area (Å²) in [7, 11) is 0. The summed E-state index contributed by atoms with van der Waals surface area (Å²) >= 11 is 0. The van der Waals surface area contributed by atoms with E-state index in [1.165, 1.54) is 12.4 Å². The van der Waals surface area contributed by atoms with Crippen molar-refractivity contribution >= 4 is 0 Å². The zero-order valence-electron chi connectivity index (χ0n) is 11.1. The zero-order valence-corrected chi connectivity index (χ0v) is 11.1. The highest BCUT2D eigenvalue weighted by atomic mass is 16.5. The second kappa shape index (κ2) is 25.1. The van der Waals surface area contributed by atoms with E-state index in [-0.39, 0.29) is 14.9 Å². The van der Waals surface area contributed by atoms with Crippen LogP contribution in [0.1, 0.15) is 42.5 Å². The molecule has 0 aliphatic rings. The molecule has 0 bridgehead atoms. The Morgan fingerprint density at radius 2 is 1.05 bits per heavy atom. The predicted molar refractivity (Wildman–Crippen MR) is 85.8 cm³/mol. The van der Waals surface area contributed by atoms with Crippen LogP contribution < -0.4 is 4.73 Å². The summed E-state index contributed by atoms with van der Waals surface area (Å²) in [5.74, 6) is 0. The van der Waals surface area contributed by atoms with E-state index in [1.807, 2.05) is 45.9 Å². The second-order valence-corrected chi connectivity index (χ2v) is 2.26. The van der Waals surface area contributed by atoms with E-state index < -0.39 is 0 Å². The molecule has 0 saturated carbocycles. The van der Waals surface area contributed by atoms with Gasteiger partial charge >= 0.3 is 0 Å². The van der Waals surface area contributed by atoms with Crippen molar-refractivity contribution in [2.24, 2.45) is 0 Å². The molecule has 3 heteroatoms. The minimum Gasteiger partial charge on any atom is -0.619 e. The molecular weight excluding hydrogens is 236 g/mol. The Labute approximate surface area is 119 Å². The molecule has 0 aliphatic heterocycles. The number of nitrogens with zero attached hydrogens (tertiary/aromatic N) is 2. The molecule has 0 radical (unpaired) electrons. The van der Waals surface area contributed by atoms with Crippen LogP contribution >= 0.6 is 0 Å². The minimum atomic E-state index is 0. The van der Waals surface area contributed by atoms with Gasteiger partial charge in [0.2, 0.25) is 0 Å². The second-order valence-electron chi connectivity index (χ2n) is 2.26. The summed E-state index contributed by atoms with van der Waals surface area (Å²) in [4.78, 5) is 3.78. The van der Waals surface area contributed by atoms with Gasteiger partial charge < -0.3 is 5.21 Å². The maximum Gasteiger partial charge on any atom is 0.180 e. The topological polar surface area (TPSA) is 39.8 Å². The Hall–Kier alpha value is -1.90. The molecule has 0 spiro atoms. The largest absolute Gasteiger partial charge is 0.619 e. The third-order valence-electron chi connectivity index (χ3n) is 1.25. The molecule has 0 fully saturated rings. The highest BCUT2D eigenvalue weighted by molar-refractivity contribution is 4.88. The standard InChI is InChI=1S/C5H5NO.C5H5N.2C2H6.2CH4/c7-6-4-2-1-3-5-6;1-2-4-6-5-3-1;2*1-2;;/h1-5H;1-5H;2*1-2H3;2*1H4. The van der Waals surface area contributed by atoms with Crippen LogP contribution in [0.25, 0.3) is 0 Å². The summed E-state index contributed by atoms with van der Waals surface area (Å²) < 4.78 is 0.750. The van der Waals surface area contributed by atoms with Crippen LogP contribution in [0.5, 0.6) is 0 Å². The molecule has 0 unspecified atom stereocenters. The average Bonchev–Trinajstić information content (AvgIpc) is 2.47. The van der Waals surface area contributed by atoms with Crippen molar-refractivity contribution in [1.29, 1.82) is 0 Å². The van der Waals surface area contributed by atoms with Crippen LogP contribution in [0.4, 0.5) is 0 Å². The molecule has 0 aromatic carbocycles. The lowest BCUT2D eigenvalue weighted by atomic mass is 10.5. The SMILES string of the molecule is C.C.CC.CC.[O-][n+]1ccccc1.c1ccncc1. The van der Waals surface area contributed by atoms with Crippen molar-refractivity contribution in [3.8, 4) is 0 Å². The normalized spacial score (nSPS) is 6.32. The molecule has 0 saturated heterocycles. The van der Waals surface area contributed by atoms with Crippen molar-refractivity contribution in [2.75, 3.05) is 0 Å². The molecule has 2 aromatic heterocycles. The summed E-state index contributed by atoms with van der Waals surface area (Å²) in [5.41, 5.74) is 0. The van der Waals surface area contributed by atoms with Gasteiger partial charge in [-0.15, -0.1) is 0 Å². The number of hydrogen-bond donors (Lipinski definition) is 0. The number of aromatic nitrogens is 2. The molecule has 3 nitrogen and oxygen atoms in total. The van der Waals surface area contributed by atoms with Gasteiger partial charge in [0, 0.05) is 24.5 Å². The Bertz CT molecular complexity index is 285. The molecule has 0 atom stereocenters. The fourth-order valence-electron chi connectivity index (χ4n) is 0.695. The van der Waals surface area contributed by atoms with Crippen molar-refractivity contribution in [3.05, 3.63) is 66.4 Å². The van der Waals surface area contributed by atoms with E-state index in [0.717, 1.165) is 4.73 Å². The van der Waals surface area contributed by atoms with Gasteiger partial charge in [-0.2, -0.15) is 4.73 Å². The third kappa shape index (κ3) is 21.9. The van der Waals surface area contributed by atoms with E-state index in [0.29, 0.717) is 0 Å². The van der Waals surface area contributed by atoms with Gasteiger partial charge in [-0.3, -0.25) is 4.98 Å². The van der Waals surface area contributed by atoms with Gasteiger partial charge in [0.25, 0.3) is 0 Å². The fourth-order valence-corrected chi connectivity index (χ4v) is 0.695. The molecular formula is C16H30N2O. The predicted octanol–water partition coefficient (Wildman–Crippen LogP) is 4.73. The molecule has 2 rings (SSSR count). The van der Waals surface area contributed by atoms with Gasteiger partial charge in [-0.05, 0) is 12.1 Å². The maximum absolute atomic E-state index is 10.2. The van der Waals surface area contributed by atoms with Crippen LogP contribution in [0.2, 0.25) is 0 Å². The van der Waals surface area contributed by atoms with Gasteiger partial charge in [0.15, 0.2) is 12.4 Å². The Kier molecular flexibility index (Phi) is 34.1. The first-order valence-corrected chi connectivity index (χ1v) is 5.88. The molecule has 2 aromatic rings. The van der Waals surface area contributed by atoms with Gasteiger partial charge in [-0.1, -0.05) is 54.7 Å². The maximum atomic E-state index is 10.2. The highest BCUT2D eigenvalue weighted by Crippen LogP contribution is 1.73. The van der Waals surface area contributed by atoms with Gasteiger partial charge in [0.1, 0.15) is 0 Å². The van der Waals surface area contributed by atoms with Crippen LogP contribution in [-0.2, 0) is 0 Å². The van der Waals surface area contributed by atoms with Crippen molar-refractivity contribution in [3.63, 3.8) is 0 Å². The molecule has 2 heterocycles. The molecule has 0 aliphatic carbocycles. The monoisotopic (exact) mass is 266 g/mol. The first kappa shape index (κ1) is 25.8. The summed E-state index contributed by atoms with van der Waals surface area (Å²) in [6.45, 7) is 8.00. The number of pyridine rings is 2. The lowest BCUT2D eigenvalue weighted by Crippen LogP contribution is -2.22. The van der Waals surface area contributed by atoms with E-state index >= 15 is 0 Å². The van der Waals surface area contributed by atoms with Crippen molar-refractivity contribution < 1.29 is 4.73 Å². The molecule has 19 heavy (non-hydrogen) atoms. The lowest BCUT2D eigenvalue weighted by molar-refractivity contribution is -0.605. The minimum absolute atomic E-state index is 0. The van der Waals surface area contributed by atoms with Crippen LogP contribution in [0, 0.1) is 5.21 Å². The third-order valence-corrected chi connectivity index (χ3v) is 1.25. The van der Waals surface area contributed by atoms with Gasteiger partial charge in [0.05, 0.1) is 0 Å². The van der Waals surface area contributed by atoms with Crippen molar-refractivity contribution in [2.45, 2.75) is 42.5 Å². The molecule has 110 valence electrons. The Balaban J connectivity index is -0.0000000872. The zero-order chi connectivity index (χ0) is 13.4. The van der Waals surface area contributed by atoms with Crippen LogP contribution in [0.15, 0.2) is 61.2 Å². The van der Waals surface area contributed by atoms with E-state index in [4.69, 9.17) is 0 Å². The number of rotatable bonds is 0. The highest BCUT2D eigenvalue weighted by Gasteiger charge is 1.75. The van der Waals surface area contributed by atoms with E-state index in [1.54, 1.807) is 30.6 Å². The first-order valence-electron chi connectivity index (χ1n) is 5.88. The Morgan fingerprint density at radius 1 is 0.684 bits per heavy atom. The summed E-state index contributed by atoms with van der Waals surface area (Å²) in [6.07, 6.45) is 6.39. The average molecular weight is 266 g/mol. The summed E-state index contributed by atoms with van der Waals surface area (Å²) in [5, 5.41) is 10.2. The fraction of sp³-hybridized carbons (Fsp3) is 0.375. The summed E-state index contributed by atoms with van der Waals surface area (Å²) in [6, 6.07) is 10.9. The molecule has 0 amide bonds. The Morgan fingerprint density at radius 3 is 1.21 bits per heavy atom. The quantitative estimate of drug-likeness (QED) is 0.511.